The number of imidazole rings is 1. The van der Waals surface area contributed by atoms with Crippen molar-refractivity contribution in [2.75, 3.05) is 11.9 Å². The number of nitrogens with zero attached hydrogens (tertiary/aromatic N) is 3. The Morgan fingerprint density at radius 3 is 2.94 bits per heavy atom. The Kier molecular flexibility index (Phi) is 3.19. The molecule has 84 valence electrons. The van der Waals surface area contributed by atoms with Crippen LogP contribution in [-0.2, 0) is 6.42 Å². The van der Waals surface area contributed by atoms with Crippen molar-refractivity contribution < 1.29 is 0 Å². The lowest BCUT2D eigenvalue weighted by Gasteiger charge is -2.08. The van der Waals surface area contributed by atoms with E-state index in [0.29, 0.717) is 0 Å². The standard InChI is InChI=1S/C12H16N4/c1-3-11-14-8-9-16(11)12-7-5-6-10(15-12)13-4-2/h5-9H,3-4H2,1-2H3,(H,13,15). The van der Waals surface area contributed by atoms with Crippen LogP contribution in [0.15, 0.2) is 30.6 Å². The second-order valence-corrected chi connectivity index (χ2v) is 3.48. The van der Waals surface area contributed by atoms with Gasteiger partial charge in [0.2, 0.25) is 0 Å². The lowest BCUT2D eigenvalue weighted by atomic mass is 10.4. The zero-order chi connectivity index (χ0) is 11.4. The molecule has 0 bridgehead atoms. The van der Waals surface area contributed by atoms with Gasteiger partial charge in [-0.05, 0) is 19.1 Å². The topological polar surface area (TPSA) is 42.7 Å². The number of pyridine rings is 1. The maximum absolute atomic E-state index is 4.53. The van der Waals surface area contributed by atoms with E-state index in [9.17, 15) is 0 Å². The molecule has 2 rings (SSSR count). The van der Waals surface area contributed by atoms with E-state index in [1.807, 2.05) is 29.0 Å². The van der Waals surface area contributed by atoms with Crippen LogP contribution >= 0.6 is 0 Å². The fourth-order valence-electron chi connectivity index (χ4n) is 1.64. The predicted molar refractivity (Wildman–Crippen MR) is 64.9 cm³/mol. The molecule has 0 radical (unpaired) electrons. The van der Waals surface area contributed by atoms with Gasteiger partial charge >= 0.3 is 0 Å². The Bertz CT molecular complexity index is 462. The summed E-state index contributed by atoms with van der Waals surface area (Å²) >= 11 is 0. The largest absolute Gasteiger partial charge is 0.370 e. The minimum Gasteiger partial charge on any atom is -0.370 e. The summed E-state index contributed by atoms with van der Waals surface area (Å²) in [7, 11) is 0. The average molecular weight is 216 g/mol. The Hall–Kier alpha value is -1.84. The van der Waals surface area contributed by atoms with Crippen LogP contribution in [0.5, 0.6) is 0 Å². The third-order valence-corrected chi connectivity index (χ3v) is 2.37. The molecule has 2 aromatic rings. The van der Waals surface area contributed by atoms with Crippen molar-refractivity contribution in [3.05, 3.63) is 36.4 Å². The minimum absolute atomic E-state index is 0.876. The van der Waals surface area contributed by atoms with Gasteiger partial charge in [-0.1, -0.05) is 13.0 Å². The van der Waals surface area contributed by atoms with Crippen LogP contribution in [0.2, 0.25) is 0 Å². The zero-order valence-electron chi connectivity index (χ0n) is 9.64. The predicted octanol–water partition coefficient (Wildman–Crippen LogP) is 2.26. The van der Waals surface area contributed by atoms with Gasteiger partial charge in [0.25, 0.3) is 0 Å². The average Bonchev–Trinajstić information content (AvgIpc) is 2.78. The van der Waals surface area contributed by atoms with Gasteiger partial charge < -0.3 is 5.32 Å². The van der Waals surface area contributed by atoms with Crippen molar-refractivity contribution in [2.24, 2.45) is 0 Å². The number of nitrogens with one attached hydrogen (secondary N) is 1. The Balaban J connectivity index is 2.36. The van der Waals surface area contributed by atoms with E-state index in [4.69, 9.17) is 0 Å². The highest BCUT2D eigenvalue weighted by molar-refractivity contribution is 5.40. The van der Waals surface area contributed by atoms with E-state index >= 15 is 0 Å². The van der Waals surface area contributed by atoms with E-state index in [2.05, 4.69) is 29.1 Å². The SMILES string of the molecule is CCNc1cccc(-n2ccnc2CC)n1. The van der Waals surface area contributed by atoms with Crippen molar-refractivity contribution in [3.63, 3.8) is 0 Å². The molecule has 0 saturated heterocycles. The molecule has 0 aliphatic carbocycles. The van der Waals surface area contributed by atoms with Gasteiger partial charge in [0.15, 0.2) is 0 Å². The molecule has 0 spiro atoms. The molecule has 0 aromatic carbocycles. The summed E-state index contributed by atoms with van der Waals surface area (Å²) in [6, 6.07) is 5.96. The molecule has 1 N–H and O–H groups in total. The Morgan fingerprint density at radius 2 is 2.19 bits per heavy atom. The van der Waals surface area contributed by atoms with Gasteiger partial charge in [-0.2, -0.15) is 0 Å². The number of hydrogen-bond acceptors (Lipinski definition) is 3. The number of rotatable bonds is 4. The fourth-order valence-corrected chi connectivity index (χ4v) is 1.64. The molecule has 0 fully saturated rings. The van der Waals surface area contributed by atoms with Crippen molar-refractivity contribution in [2.45, 2.75) is 20.3 Å². The van der Waals surface area contributed by atoms with E-state index in [1.54, 1.807) is 6.20 Å². The summed E-state index contributed by atoms with van der Waals surface area (Å²) in [6.45, 7) is 5.02. The highest BCUT2D eigenvalue weighted by atomic mass is 15.1. The summed E-state index contributed by atoms with van der Waals surface area (Å²) in [5, 5.41) is 3.20. The first-order valence-corrected chi connectivity index (χ1v) is 5.58. The molecule has 0 aliphatic rings. The summed E-state index contributed by atoms with van der Waals surface area (Å²) in [4.78, 5) is 8.81. The smallest absolute Gasteiger partial charge is 0.140 e. The van der Waals surface area contributed by atoms with Gasteiger partial charge in [0.1, 0.15) is 17.5 Å². The quantitative estimate of drug-likeness (QED) is 0.852. The Morgan fingerprint density at radius 1 is 1.31 bits per heavy atom. The molecule has 4 heteroatoms. The first-order chi connectivity index (χ1) is 7.85. The van der Waals surface area contributed by atoms with Crippen molar-refractivity contribution in [1.82, 2.24) is 14.5 Å². The van der Waals surface area contributed by atoms with Crippen LogP contribution in [0.3, 0.4) is 0 Å². The van der Waals surface area contributed by atoms with Crippen LogP contribution in [0.4, 0.5) is 5.82 Å². The van der Waals surface area contributed by atoms with Gasteiger partial charge in [-0.15, -0.1) is 0 Å². The van der Waals surface area contributed by atoms with Crippen molar-refractivity contribution in [1.29, 1.82) is 0 Å². The molecule has 2 aromatic heterocycles. The molecule has 0 amide bonds. The number of anilines is 1. The molecule has 0 atom stereocenters. The van der Waals surface area contributed by atoms with Crippen LogP contribution in [0.1, 0.15) is 19.7 Å². The molecule has 2 heterocycles. The van der Waals surface area contributed by atoms with E-state index in [-0.39, 0.29) is 0 Å². The molecular weight excluding hydrogens is 200 g/mol. The molecule has 0 unspecified atom stereocenters. The van der Waals surface area contributed by atoms with Gasteiger partial charge in [0.05, 0.1) is 0 Å². The first kappa shape index (κ1) is 10.7. The Labute approximate surface area is 95.4 Å². The number of hydrogen-bond donors (Lipinski definition) is 1. The molecular formula is C12H16N4. The zero-order valence-corrected chi connectivity index (χ0v) is 9.64. The molecule has 4 nitrogen and oxygen atoms in total. The minimum atomic E-state index is 0.876. The maximum Gasteiger partial charge on any atom is 0.140 e. The van der Waals surface area contributed by atoms with Crippen LogP contribution in [0, 0.1) is 0 Å². The summed E-state index contributed by atoms with van der Waals surface area (Å²) < 4.78 is 2.01. The lowest BCUT2D eigenvalue weighted by Crippen LogP contribution is -2.05. The third kappa shape index (κ3) is 2.05. The van der Waals surface area contributed by atoms with Crippen LogP contribution in [-0.4, -0.2) is 21.1 Å². The highest BCUT2D eigenvalue weighted by Gasteiger charge is 2.04. The highest BCUT2D eigenvalue weighted by Crippen LogP contribution is 2.11. The number of aryl methyl sites for hydroxylation is 1. The number of aromatic nitrogens is 3. The fraction of sp³-hybridized carbons (Fsp3) is 0.333. The normalized spacial score (nSPS) is 10.4. The lowest BCUT2D eigenvalue weighted by molar-refractivity contribution is 0.867. The van der Waals surface area contributed by atoms with E-state index in [0.717, 1.165) is 30.4 Å². The van der Waals surface area contributed by atoms with E-state index in [1.165, 1.54) is 0 Å². The van der Waals surface area contributed by atoms with E-state index < -0.39 is 0 Å². The molecule has 0 aliphatic heterocycles. The van der Waals surface area contributed by atoms with Gasteiger partial charge in [-0.25, -0.2) is 9.97 Å². The first-order valence-electron chi connectivity index (χ1n) is 5.58. The van der Waals surface area contributed by atoms with Crippen molar-refractivity contribution in [3.8, 4) is 5.82 Å². The monoisotopic (exact) mass is 216 g/mol. The van der Waals surface area contributed by atoms with Gasteiger partial charge in [-0.3, -0.25) is 4.57 Å². The summed E-state index contributed by atoms with van der Waals surface area (Å²) in [6.07, 6.45) is 4.65. The second-order valence-electron chi connectivity index (χ2n) is 3.48. The van der Waals surface area contributed by atoms with Gasteiger partial charge in [0, 0.05) is 25.4 Å². The summed E-state index contributed by atoms with van der Waals surface area (Å²) in [5.74, 6) is 2.84. The summed E-state index contributed by atoms with van der Waals surface area (Å²) in [5.41, 5.74) is 0. The third-order valence-electron chi connectivity index (χ3n) is 2.37. The van der Waals surface area contributed by atoms with Crippen LogP contribution < -0.4 is 5.32 Å². The maximum atomic E-state index is 4.53. The second kappa shape index (κ2) is 4.79. The molecule has 0 saturated carbocycles. The van der Waals surface area contributed by atoms with Crippen molar-refractivity contribution >= 4 is 5.82 Å². The van der Waals surface area contributed by atoms with Crippen LogP contribution in [0.25, 0.3) is 5.82 Å². The molecule has 16 heavy (non-hydrogen) atoms.